The number of ether oxygens (including phenoxy) is 1. The van der Waals surface area contributed by atoms with Crippen molar-refractivity contribution in [2.24, 2.45) is 5.73 Å². The number of amides is 1. The number of methoxy groups -OCH3 is 1. The Hall–Kier alpha value is -0.610. The number of nitrogens with two attached hydrogens (primary N) is 1. The highest BCUT2D eigenvalue weighted by Crippen LogP contribution is 1.88. The highest BCUT2D eigenvalue weighted by molar-refractivity contribution is 5.80. The van der Waals surface area contributed by atoms with E-state index in [0.29, 0.717) is 6.54 Å². The molecule has 0 saturated heterocycles. The third kappa shape index (κ3) is 4.31. The summed E-state index contributed by atoms with van der Waals surface area (Å²) < 4.78 is 4.85. The molecule has 12 heavy (non-hydrogen) atoms. The molecule has 72 valence electrons. The summed E-state index contributed by atoms with van der Waals surface area (Å²) in [7, 11) is 1.48. The first kappa shape index (κ1) is 11.4. The molecule has 1 atom stereocenters. The van der Waals surface area contributed by atoms with Gasteiger partial charge in [0.15, 0.2) is 0 Å². The van der Waals surface area contributed by atoms with Crippen LogP contribution in [-0.2, 0) is 9.53 Å². The van der Waals surface area contributed by atoms with Crippen molar-refractivity contribution in [3.05, 3.63) is 0 Å². The summed E-state index contributed by atoms with van der Waals surface area (Å²) in [6.45, 7) is 3.01. The van der Waals surface area contributed by atoms with Gasteiger partial charge in [-0.2, -0.15) is 0 Å². The molecule has 0 bridgehead atoms. The second-order valence-electron chi connectivity index (χ2n) is 2.60. The maximum Gasteiger partial charge on any atom is 0.250 e. The standard InChI is InChI=1S/C8H18N2O2/c1-3-4-5-10-8(11)7(6-9)12-2/h7H,3-6,9H2,1-2H3,(H,10,11). The smallest absolute Gasteiger partial charge is 0.250 e. The maximum absolute atomic E-state index is 11.2. The Kier molecular flexibility index (Phi) is 6.70. The van der Waals surface area contributed by atoms with Crippen molar-refractivity contribution in [1.82, 2.24) is 5.32 Å². The van der Waals surface area contributed by atoms with Crippen molar-refractivity contribution in [2.45, 2.75) is 25.9 Å². The summed E-state index contributed by atoms with van der Waals surface area (Å²) in [5.74, 6) is -0.117. The van der Waals surface area contributed by atoms with Crippen LogP contribution in [0.1, 0.15) is 19.8 Å². The molecule has 0 aromatic carbocycles. The summed E-state index contributed by atoms with van der Waals surface area (Å²) in [5, 5.41) is 2.74. The molecule has 0 spiro atoms. The Morgan fingerprint density at radius 3 is 2.75 bits per heavy atom. The van der Waals surface area contributed by atoms with Crippen LogP contribution in [0.3, 0.4) is 0 Å². The number of carbonyl (C=O) groups is 1. The molecule has 0 saturated carbocycles. The third-order valence-electron chi connectivity index (χ3n) is 1.62. The van der Waals surface area contributed by atoms with Gasteiger partial charge in [0.2, 0.25) is 5.91 Å². The van der Waals surface area contributed by atoms with Crippen LogP contribution in [0.15, 0.2) is 0 Å². The molecule has 0 fully saturated rings. The average molecular weight is 174 g/mol. The fourth-order valence-electron chi connectivity index (χ4n) is 0.813. The first-order chi connectivity index (χ1) is 5.76. The Morgan fingerprint density at radius 2 is 2.33 bits per heavy atom. The van der Waals surface area contributed by atoms with Crippen LogP contribution < -0.4 is 11.1 Å². The van der Waals surface area contributed by atoms with Gasteiger partial charge in [0, 0.05) is 20.2 Å². The predicted molar refractivity (Wildman–Crippen MR) is 47.8 cm³/mol. The molecule has 1 amide bonds. The van der Waals surface area contributed by atoms with Gasteiger partial charge in [-0.1, -0.05) is 13.3 Å². The van der Waals surface area contributed by atoms with E-state index in [4.69, 9.17) is 10.5 Å². The van der Waals surface area contributed by atoms with Crippen molar-refractivity contribution in [1.29, 1.82) is 0 Å². The van der Waals surface area contributed by atoms with Gasteiger partial charge in [0.25, 0.3) is 0 Å². The molecule has 0 aliphatic heterocycles. The van der Waals surface area contributed by atoms with E-state index in [-0.39, 0.29) is 12.5 Å². The zero-order valence-corrected chi connectivity index (χ0v) is 7.80. The van der Waals surface area contributed by atoms with Crippen LogP contribution in [0.2, 0.25) is 0 Å². The molecule has 1 unspecified atom stereocenters. The fourth-order valence-corrected chi connectivity index (χ4v) is 0.813. The van der Waals surface area contributed by atoms with Crippen LogP contribution in [-0.4, -0.2) is 32.2 Å². The molecular weight excluding hydrogens is 156 g/mol. The first-order valence-corrected chi connectivity index (χ1v) is 4.26. The van der Waals surface area contributed by atoms with E-state index in [0.717, 1.165) is 12.8 Å². The van der Waals surface area contributed by atoms with Gasteiger partial charge in [-0.15, -0.1) is 0 Å². The molecule has 0 aromatic heterocycles. The van der Waals surface area contributed by atoms with Gasteiger partial charge in [-0.05, 0) is 6.42 Å². The Balaban J connectivity index is 3.54. The lowest BCUT2D eigenvalue weighted by Gasteiger charge is -2.12. The van der Waals surface area contributed by atoms with E-state index in [9.17, 15) is 4.79 Å². The van der Waals surface area contributed by atoms with Crippen LogP contribution in [0.4, 0.5) is 0 Å². The van der Waals surface area contributed by atoms with Crippen molar-refractivity contribution < 1.29 is 9.53 Å². The zero-order valence-electron chi connectivity index (χ0n) is 7.80. The Bertz CT molecular complexity index is 124. The average Bonchev–Trinajstić information content (AvgIpc) is 2.07. The van der Waals surface area contributed by atoms with Gasteiger partial charge >= 0.3 is 0 Å². The summed E-state index contributed by atoms with van der Waals surface area (Å²) in [5.41, 5.74) is 5.30. The highest BCUT2D eigenvalue weighted by atomic mass is 16.5. The summed E-state index contributed by atoms with van der Waals surface area (Å²) in [6.07, 6.45) is 1.56. The number of carbonyl (C=O) groups excluding carboxylic acids is 1. The molecule has 0 heterocycles. The minimum absolute atomic E-state index is 0.117. The molecule has 3 N–H and O–H groups in total. The summed E-state index contributed by atoms with van der Waals surface area (Å²) >= 11 is 0. The van der Waals surface area contributed by atoms with E-state index in [1.165, 1.54) is 7.11 Å². The van der Waals surface area contributed by atoms with Crippen LogP contribution in [0.25, 0.3) is 0 Å². The van der Waals surface area contributed by atoms with Gasteiger partial charge in [0.05, 0.1) is 0 Å². The lowest BCUT2D eigenvalue weighted by molar-refractivity contribution is -0.130. The SMILES string of the molecule is CCCCNC(=O)C(CN)OC. The zero-order chi connectivity index (χ0) is 9.40. The molecule has 0 aliphatic rings. The van der Waals surface area contributed by atoms with Gasteiger partial charge < -0.3 is 15.8 Å². The normalized spacial score (nSPS) is 12.6. The molecule has 4 heteroatoms. The van der Waals surface area contributed by atoms with Crippen molar-refractivity contribution in [3.8, 4) is 0 Å². The van der Waals surface area contributed by atoms with Crippen LogP contribution in [0.5, 0.6) is 0 Å². The first-order valence-electron chi connectivity index (χ1n) is 4.26. The largest absolute Gasteiger partial charge is 0.370 e. The second-order valence-corrected chi connectivity index (χ2v) is 2.60. The summed E-state index contributed by atoms with van der Waals surface area (Å²) in [6, 6.07) is 0. The number of rotatable bonds is 6. The topological polar surface area (TPSA) is 64.4 Å². The van der Waals surface area contributed by atoms with Crippen molar-refractivity contribution in [2.75, 3.05) is 20.2 Å². The second kappa shape index (κ2) is 7.06. The maximum atomic E-state index is 11.2. The Labute approximate surface area is 73.5 Å². The molecule has 0 aliphatic carbocycles. The molecule has 0 rings (SSSR count). The minimum Gasteiger partial charge on any atom is -0.370 e. The number of unbranched alkanes of at least 4 members (excludes halogenated alkanes) is 1. The highest BCUT2D eigenvalue weighted by Gasteiger charge is 2.13. The predicted octanol–water partition coefficient (Wildman–Crippen LogP) is -0.124. The minimum atomic E-state index is -0.498. The quantitative estimate of drug-likeness (QED) is 0.552. The Morgan fingerprint density at radius 1 is 1.67 bits per heavy atom. The van der Waals surface area contributed by atoms with E-state index in [1.54, 1.807) is 0 Å². The monoisotopic (exact) mass is 174 g/mol. The number of hydrogen-bond donors (Lipinski definition) is 2. The van der Waals surface area contributed by atoms with E-state index < -0.39 is 6.10 Å². The van der Waals surface area contributed by atoms with Gasteiger partial charge in [-0.25, -0.2) is 0 Å². The van der Waals surface area contributed by atoms with Crippen LogP contribution >= 0.6 is 0 Å². The van der Waals surface area contributed by atoms with E-state index in [2.05, 4.69) is 12.2 Å². The van der Waals surface area contributed by atoms with E-state index in [1.807, 2.05) is 0 Å². The lowest BCUT2D eigenvalue weighted by atomic mass is 10.3. The number of hydrogen-bond acceptors (Lipinski definition) is 3. The van der Waals surface area contributed by atoms with Crippen molar-refractivity contribution >= 4 is 5.91 Å². The fraction of sp³-hybridized carbons (Fsp3) is 0.875. The van der Waals surface area contributed by atoms with Crippen LogP contribution in [0, 0.1) is 0 Å². The third-order valence-corrected chi connectivity index (χ3v) is 1.62. The molecule has 4 nitrogen and oxygen atoms in total. The molecule has 0 aromatic rings. The summed E-state index contributed by atoms with van der Waals surface area (Å²) in [4.78, 5) is 11.2. The van der Waals surface area contributed by atoms with E-state index >= 15 is 0 Å². The van der Waals surface area contributed by atoms with Gasteiger partial charge in [-0.3, -0.25) is 4.79 Å². The lowest BCUT2D eigenvalue weighted by Crippen LogP contribution is -2.40. The molecule has 0 radical (unpaired) electrons. The van der Waals surface area contributed by atoms with Gasteiger partial charge in [0.1, 0.15) is 6.10 Å². The number of nitrogens with one attached hydrogen (secondary N) is 1. The van der Waals surface area contributed by atoms with Crippen molar-refractivity contribution in [3.63, 3.8) is 0 Å². The molecular formula is C8H18N2O2.